The highest BCUT2D eigenvalue weighted by Crippen LogP contribution is 2.37. The summed E-state index contributed by atoms with van der Waals surface area (Å²) in [6.07, 6.45) is 6.15. The van der Waals surface area contributed by atoms with Crippen LogP contribution >= 0.6 is 0 Å². The van der Waals surface area contributed by atoms with Crippen molar-refractivity contribution in [3.63, 3.8) is 0 Å². The maximum atomic E-state index is 6.37. The topological polar surface area (TPSA) is 101 Å². The smallest absolute Gasteiger partial charge is 0.164 e. The highest BCUT2D eigenvalue weighted by Gasteiger charge is 2.30. The van der Waals surface area contributed by atoms with E-state index in [0.717, 1.165) is 52.3 Å². The average Bonchev–Trinajstić information content (AvgIpc) is 3.53. The molecule has 4 heterocycles. The molecule has 0 radical (unpaired) electrons. The number of nitrogens with zero attached hydrogens (tertiary/aromatic N) is 6. The second-order valence-electron chi connectivity index (χ2n) is 10.5. The first-order valence-corrected chi connectivity index (χ1v) is 13.4. The minimum absolute atomic E-state index is 0.326. The van der Waals surface area contributed by atoms with E-state index >= 15 is 0 Å². The molecule has 0 amide bonds. The van der Waals surface area contributed by atoms with E-state index in [4.69, 9.17) is 15.2 Å². The van der Waals surface area contributed by atoms with Crippen molar-refractivity contribution in [1.82, 2.24) is 29.5 Å². The number of anilines is 2. The molecule has 1 saturated carbocycles. The lowest BCUT2D eigenvalue weighted by atomic mass is 9.90. The molecule has 0 atom stereocenters. The molecule has 2 aliphatic rings. The molecule has 4 aromatic rings. The van der Waals surface area contributed by atoms with Crippen molar-refractivity contribution >= 4 is 22.5 Å². The predicted molar refractivity (Wildman–Crippen MR) is 146 cm³/mol. The largest absolute Gasteiger partial charge is 0.465 e. The zero-order chi connectivity index (χ0) is 25.4. The Labute approximate surface area is 217 Å². The van der Waals surface area contributed by atoms with Crippen molar-refractivity contribution < 1.29 is 4.42 Å². The molecule has 0 spiro atoms. The molecule has 3 aromatic heterocycles. The molecule has 6 rings (SSSR count). The van der Waals surface area contributed by atoms with Gasteiger partial charge in [-0.05, 0) is 63.9 Å². The summed E-state index contributed by atoms with van der Waals surface area (Å²) in [5.74, 6) is 2.31. The summed E-state index contributed by atoms with van der Waals surface area (Å²) in [5, 5.41) is 9.36. The summed E-state index contributed by atoms with van der Waals surface area (Å²) >= 11 is 0. The Balaban J connectivity index is 1.20. The van der Waals surface area contributed by atoms with Gasteiger partial charge in [-0.25, -0.2) is 14.6 Å². The number of nitrogens with two attached hydrogens (primary N) is 1. The highest BCUT2D eigenvalue weighted by molar-refractivity contribution is 5.98. The van der Waals surface area contributed by atoms with Gasteiger partial charge in [0.05, 0.1) is 18.0 Å². The summed E-state index contributed by atoms with van der Waals surface area (Å²) in [6.45, 7) is 7.28. The number of piperazine rings is 1. The van der Waals surface area contributed by atoms with Crippen LogP contribution in [-0.2, 0) is 6.54 Å². The Bertz CT molecular complexity index is 1340. The van der Waals surface area contributed by atoms with Crippen molar-refractivity contribution in [2.24, 2.45) is 0 Å². The summed E-state index contributed by atoms with van der Waals surface area (Å²) in [6, 6.07) is 13.3. The summed E-state index contributed by atoms with van der Waals surface area (Å²) in [7, 11) is 2.22. The van der Waals surface area contributed by atoms with Crippen LogP contribution in [0.15, 0.2) is 47.1 Å². The van der Waals surface area contributed by atoms with Gasteiger partial charge >= 0.3 is 0 Å². The van der Waals surface area contributed by atoms with Crippen LogP contribution in [0.2, 0.25) is 0 Å². The van der Waals surface area contributed by atoms with Gasteiger partial charge in [0.1, 0.15) is 29.4 Å². The third-order valence-electron chi connectivity index (χ3n) is 8.01. The molecule has 2 fully saturated rings. The van der Waals surface area contributed by atoms with Gasteiger partial charge in [0, 0.05) is 43.5 Å². The van der Waals surface area contributed by atoms with Gasteiger partial charge < -0.3 is 20.4 Å². The molecular formula is C28H36N8O. The lowest BCUT2D eigenvalue weighted by Gasteiger charge is -2.41. The van der Waals surface area contributed by atoms with E-state index in [2.05, 4.69) is 61.1 Å². The second-order valence-corrected chi connectivity index (χ2v) is 10.5. The number of aromatic nitrogens is 4. The Hall–Kier alpha value is -3.43. The molecule has 1 aliphatic carbocycles. The minimum Gasteiger partial charge on any atom is -0.465 e. The molecule has 0 unspecified atom stereocenters. The van der Waals surface area contributed by atoms with Crippen molar-refractivity contribution in [1.29, 1.82) is 0 Å². The fraction of sp³-hybridized carbons (Fsp3) is 0.464. The zero-order valence-electron chi connectivity index (χ0n) is 21.7. The van der Waals surface area contributed by atoms with Crippen LogP contribution in [0.25, 0.3) is 22.3 Å². The summed E-state index contributed by atoms with van der Waals surface area (Å²) < 4.78 is 7.78. The highest BCUT2D eigenvalue weighted by atomic mass is 16.3. The number of rotatable bonds is 6. The van der Waals surface area contributed by atoms with E-state index in [1.165, 1.54) is 39.0 Å². The van der Waals surface area contributed by atoms with E-state index in [0.29, 0.717) is 24.4 Å². The number of fused-ring (bicyclic) bond motifs is 1. The van der Waals surface area contributed by atoms with Gasteiger partial charge in [0.15, 0.2) is 5.65 Å². The van der Waals surface area contributed by atoms with E-state index in [-0.39, 0.29) is 0 Å². The molecule has 9 nitrogen and oxygen atoms in total. The van der Waals surface area contributed by atoms with Crippen LogP contribution < -0.4 is 11.1 Å². The predicted octanol–water partition coefficient (Wildman–Crippen LogP) is 4.32. The second kappa shape index (κ2) is 10.1. The van der Waals surface area contributed by atoms with Gasteiger partial charge in [-0.15, -0.1) is 0 Å². The standard InChI is InChI=1S/C28H36N8O/c1-19-3-12-24(37-19)17-30-21-6-4-20(5-7-21)26-25-27(29)31-18-32-28(25)36(33-26)23-10-8-22(9-11-23)35-15-13-34(2)14-16-35/h3-7,12,18,22-23,30H,8-11,13-17H2,1-2H3,(H2,29,31,32). The van der Waals surface area contributed by atoms with Crippen LogP contribution in [0, 0.1) is 6.92 Å². The summed E-state index contributed by atoms with van der Waals surface area (Å²) in [5.41, 5.74) is 10.1. The number of nitrogens with one attached hydrogen (secondary N) is 1. The van der Waals surface area contributed by atoms with Crippen molar-refractivity contribution in [3.8, 4) is 11.3 Å². The van der Waals surface area contributed by atoms with Gasteiger partial charge in [0.2, 0.25) is 0 Å². The number of hydrogen-bond donors (Lipinski definition) is 2. The number of benzene rings is 1. The summed E-state index contributed by atoms with van der Waals surface area (Å²) in [4.78, 5) is 14.0. The third kappa shape index (κ3) is 4.93. The van der Waals surface area contributed by atoms with Gasteiger partial charge in [-0.3, -0.25) is 4.90 Å². The van der Waals surface area contributed by atoms with Gasteiger partial charge in [-0.2, -0.15) is 5.10 Å². The molecule has 1 saturated heterocycles. The molecule has 1 aromatic carbocycles. The first-order chi connectivity index (χ1) is 18.0. The lowest BCUT2D eigenvalue weighted by molar-refractivity contribution is 0.0815. The molecule has 194 valence electrons. The number of aryl methyl sites for hydroxylation is 1. The van der Waals surface area contributed by atoms with Crippen LogP contribution in [0.5, 0.6) is 0 Å². The quantitative estimate of drug-likeness (QED) is 0.404. The Morgan fingerprint density at radius 2 is 1.68 bits per heavy atom. The first kappa shape index (κ1) is 23.9. The zero-order valence-corrected chi connectivity index (χ0v) is 21.7. The minimum atomic E-state index is 0.326. The number of nitrogen functional groups attached to an aromatic ring is 1. The molecule has 1 aliphatic heterocycles. The van der Waals surface area contributed by atoms with Crippen LogP contribution in [-0.4, -0.2) is 68.8 Å². The fourth-order valence-electron chi connectivity index (χ4n) is 5.82. The molecular weight excluding hydrogens is 464 g/mol. The van der Waals surface area contributed by atoms with Crippen molar-refractivity contribution in [2.45, 2.75) is 51.2 Å². The van der Waals surface area contributed by atoms with E-state index < -0.39 is 0 Å². The SMILES string of the molecule is Cc1ccc(CNc2ccc(-c3nn(C4CCC(N5CCN(C)CC5)CC4)c4ncnc(N)c34)cc2)o1. The van der Waals surface area contributed by atoms with Crippen LogP contribution in [0.3, 0.4) is 0 Å². The molecule has 0 bridgehead atoms. The maximum absolute atomic E-state index is 6.37. The number of likely N-dealkylation sites (N-methyl/N-ethyl adjacent to an activating group) is 1. The first-order valence-electron chi connectivity index (χ1n) is 13.4. The van der Waals surface area contributed by atoms with E-state index in [9.17, 15) is 0 Å². The monoisotopic (exact) mass is 500 g/mol. The van der Waals surface area contributed by atoms with E-state index in [1.807, 2.05) is 19.1 Å². The molecule has 3 N–H and O–H groups in total. The van der Waals surface area contributed by atoms with Gasteiger partial charge in [-0.1, -0.05) is 12.1 Å². The lowest BCUT2D eigenvalue weighted by Crippen LogP contribution is -2.49. The average molecular weight is 501 g/mol. The van der Waals surface area contributed by atoms with E-state index in [1.54, 1.807) is 6.33 Å². The third-order valence-corrected chi connectivity index (χ3v) is 8.01. The number of furan rings is 1. The Morgan fingerprint density at radius 3 is 2.38 bits per heavy atom. The Morgan fingerprint density at radius 1 is 0.946 bits per heavy atom. The molecule has 37 heavy (non-hydrogen) atoms. The Kier molecular flexibility index (Phi) is 6.56. The van der Waals surface area contributed by atoms with Gasteiger partial charge in [0.25, 0.3) is 0 Å². The molecule has 9 heteroatoms. The van der Waals surface area contributed by atoms with Crippen molar-refractivity contribution in [2.75, 3.05) is 44.3 Å². The fourth-order valence-corrected chi connectivity index (χ4v) is 5.82. The normalized spacial score (nSPS) is 21.5. The number of hydrogen-bond acceptors (Lipinski definition) is 8. The van der Waals surface area contributed by atoms with Crippen LogP contribution in [0.1, 0.15) is 43.2 Å². The van der Waals surface area contributed by atoms with Crippen LogP contribution in [0.4, 0.5) is 11.5 Å². The van der Waals surface area contributed by atoms with Crippen molar-refractivity contribution in [3.05, 3.63) is 54.2 Å². The maximum Gasteiger partial charge on any atom is 0.164 e.